The molecule has 0 aliphatic carbocycles. The van der Waals surface area contributed by atoms with Crippen molar-refractivity contribution in [3.05, 3.63) is 17.6 Å². The number of aromatic nitrogens is 2. The lowest BCUT2D eigenvalue weighted by Gasteiger charge is -2.07. The van der Waals surface area contributed by atoms with Gasteiger partial charge in [-0.1, -0.05) is 0 Å². The van der Waals surface area contributed by atoms with Crippen LogP contribution in [0.15, 0.2) is 6.07 Å². The molecule has 0 unspecified atom stereocenters. The number of carbonyl (C=O) groups is 1. The number of halogens is 3. The first kappa shape index (κ1) is 11.2. The van der Waals surface area contributed by atoms with Gasteiger partial charge in [0.15, 0.2) is 5.69 Å². The molecule has 1 aromatic rings. The van der Waals surface area contributed by atoms with Crippen LogP contribution in [0.4, 0.5) is 13.2 Å². The summed E-state index contributed by atoms with van der Waals surface area (Å²) >= 11 is 0. The smallest absolute Gasteiger partial charge is 0.451 e. The second kappa shape index (κ2) is 3.71. The Bertz CT molecular complexity index is 392. The van der Waals surface area contributed by atoms with E-state index in [1.54, 1.807) is 0 Å². The highest BCUT2D eigenvalue weighted by Gasteiger charge is 2.36. The van der Waals surface area contributed by atoms with Crippen molar-refractivity contribution in [1.29, 1.82) is 0 Å². The van der Waals surface area contributed by atoms with Gasteiger partial charge in [-0.05, 0) is 0 Å². The molecule has 0 saturated heterocycles. The highest BCUT2D eigenvalue weighted by molar-refractivity contribution is 5.85. The van der Waals surface area contributed by atoms with Crippen LogP contribution in [0.1, 0.15) is 16.3 Å². The van der Waals surface area contributed by atoms with Gasteiger partial charge in [-0.15, -0.1) is 0 Å². The minimum atomic E-state index is -4.81. The lowest BCUT2D eigenvalue weighted by molar-refractivity contribution is -0.145. The van der Waals surface area contributed by atoms with Crippen LogP contribution in [-0.4, -0.2) is 28.2 Å². The Labute approximate surface area is 81.5 Å². The lowest BCUT2D eigenvalue weighted by atomic mass is 10.4. The van der Waals surface area contributed by atoms with Gasteiger partial charge >= 0.3 is 12.1 Å². The van der Waals surface area contributed by atoms with Gasteiger partial charge in [0.2, 0.25) is 11.7 Å². The van der Waals surface area contributed by atoms with Crippen LogP contribution in [-0.2, 0) is 6.18 Å². The lowest BCUT2D eigenvalue weighted by Crippen LogP contribution is -2.15. The molecule has 0 amide bonds. The van der Waals surface area contributed by atoms with Crippen molar-refractivity contribution in [2.24, 2.45) is 0 Å². The molecule has 0 saturated carbocycles. The summed E-state index contributed by atoms with van der Waals surface area (Å²) in [6.07, 6.45) is -4.81. The van der Waals surface area contributed by atoms with E-state index < -0.39 is 29.5 Å². The second-order valence-electron chi connectivity index (χ2n) is 2.42. The van der Waals surface area contributed by atoms with E-state index in [0.717, 1.165) is 13.2 Å². The number of methoxy groups -OCH3 is 1. The fraction of sp³-hybridized carbons (Fsp3) is 0.286. The third kappa shape index (κ3) is 2.55. The number of hydrogen-bond donors (Lipinski definition) is 1. The van der Waals surface area contributed by atoms with E-state index in [0.29, 0.717) is 0 Å². The van der Waals surface area contributed by atoms with E-state index in [1.165, 1.54) is 0 Å². The summed E-state index contributed by atoms with van der Waals surface area (Å²) < 4.78 is 40.9. The molecule has 0 atom stereocenters. The van der Waals surface area contributed by atoms with E-state index in [-0.39, 0.29) is 0 Å². The second-order valence-corrected chi connectivity index (χ2v) is 2.42. The van der Waals surface area contributed by atoms with Crippen molar-refractivity contribution < 1.29 is 27.8 Å². The summed E-state index contributed by atoms with van der Waals surface area (Å²) in [5.41, 5.74) is -0.769. The molecule has 1 aromatic heterocycles. The molecular formula is C7H5F3N2O3. The number of hydrogen-bond acceptors (Lipinski definition) is 4. The molecule has 0 spiro atoms. The maximum Gasteiger partial charge on any atom is 0.451 e. The minimum Gasteiger partial charge on any atom is -0.481 e. The van der Waals surface area contributed by atoms with Crippen molar-refractivity contribution in [1.82, 2.24) is 9.97 Å². The highest BCUT2D eigenvalue weighted by Crippen LogP contribution is 2.27. The largest absolute Gasteiger partial charge is 0.481 e. The van der Waals surface area contributed by atoms with Crippen LogP contribution >= 0.6 is 0 Å². The third-order valence-corrected chi connectivity index (χ3v) is 1.38. The highest BCUT2D eigenvalue weighted by atomic mass is 19.4. The molecule has 5 nitrogen and oxygen atoms in total. The fourth-order valence-corrected chi connectivity index (χ4v) is 0.766. The Balaban J connectivity index is 3.30. The van der Waals surface area contributed by atoms with Gasteiger partial charge in [-0.3, -0.25) is 0 Å². The monoisotopic (exact) mass is 222 g/mol. The van der Waals surface area contributed by atoms with Gasteiger partial charge < -0.3 is 9.84 Å². The number of rotatable bonds is 2. The fourth-order valence-electron chi connectivity index (χ4n) is 0.766. The molecule has 1 N–H and O–H groups in total. The molecule has 0 aliphatic heterocycles. The Kier molecular flexibility index (Phi) is 2.78. The predicted octanol–water partition coefficient (Wildman–Crippen LogP) is 1.20. The SMILES string of the molecule is COc1cc(C(=O)O)nc(C(F)(F)F)n1. The topological polar surface area (TPSA) is 72.3 Å². The molecule has 0 aromatic carbocycles. The minimum absolute atomic E-state index is 0.449. The molecule has 0 fully saturated rings. The average Bonchev–Trinajstić information content (AvgIpc) is 2.15. The van der Waals surface area contributed by atoms with E-state index in [2.05, 4.69) is 14.7 Å². The van der Waals surface area contributed by atoms with E-state index in [1.807, 2.05) is 0 Å². The normalized spacial score (nSPS) is 11.2. The average molecular weight is 222 g/mol. The Hall–Kier alpha value is -1.86. The van der Waals surface area contributed by atoms with Crippen LogP contribution in [0.3, 0.4) is 0 Å². The maximum absolute atomic E-state index is 12.2. The molecule has 0 bridgehead atoms. The van der Waals surface area contributed by atoms with E-state index in [9.17, 15) is 18.0 Å². The molecule has 8 heteroatoms. The first-order valence-electron chi connectivity index (χ1n) is 3.58. The summed E-state index contributed by atoms with van der Waals surface area (Å²) in [5.74, 6) is -3.57. The Morgan fingerprint density at radius 2 is 2.07 bits per heavy atom. The first-order valence-corrected chi connectivity index (χ1v) is 3.58. The van der Waals surface area contributed by atoms with Crippen LogP contribution in [0.25, 0.3) is 0 Å². The number of aromatic carboxylic acids is 1. The molecular weight excluding hydrogens is 217 g/mol. The van der Waals surface area contributed by atoms with Crippen LogP contribution < -0.4 is 4.74 Å². The number of ether oxygens (including phenoxy) is 1. The van der Waals surface area contributed by atoms with Crippen molar-refractivity contribution in [3.63, 3.8) is 0 Å². The maximum atomic E-state index is 12.2. The van der Waals surface area contributed by atoms with Gasteiger partial charge in [-0.2, -0.15) is 18.2 Å². The zero-order valence-electron chi connectivity index (χ0n) is 7.37. The van der Waals surface area contributed by atoms with Crippen LogP contribution in [0, 0.1) is 0 Å². The molecule has 15 heavy (non-hydrogen) atoms. The van der Waals surface area contributed by atoms with Gasteiger partial charge in [-0.25, -0.2) is 9.78 Å². The number of carboxylic acid groups (broad SMARTS) is 1. The van der Waals surface area contributed by atoms with E-state index in [4.69, 9.17) is 5.11 Å². The molecule has 82 valence electrons. The van der Waals surface area contributed by atoms with Gasteiger partial charge in [0.25, 0.3) is 0 Å². The molecule has 1 rings (SSSR count). The van der Waals surface area contributed by atoms with Gasteiger partial charge in [0.1, 0.15) is 0 Å². The molecule has 1 heterocycles. The zero-order valence-corrected chi connectivity index (χ0v) is 7.37. The zero-order chi connectivity index (χ0) is 11.6. The summed E-state index contributed by atoms with van der Waals surface area (Å²) in [5, 5.41) is 8.48. The number of carboxylic acids is 1. The standard InChI is InChI=1S/C7H5F3N2O3/c1-15-4-2-3(5(13)14)11-6(12-4)7(8,9)10/h2H,1H3,(H,13,14). The quantitative estimate of drug-likeness (QED) is 0.813. The van der Waals surface area contributed by atoms with Gasteiger partial charge in [0.05, 0.1) is 7.11 Å². The van der Waals surface area contributed by atoms with Gasteiger partial charge in [0, 0.05) is 6.07 Å². The molecule has 0 aliphatic rings. The summed E-state index contributed by atoms with van der Waals surface area (Å²) in [7, 11) is 1.08. The van der Waals surface area contributed by atoms with Crippen LogP contribution in [0.5, 0.6) is 5.88 Å². The molecule has 0 radical (unpaired) electrons. The van der Waals surface area contributed by atoms with Crippen molar-refractivity contribution in [2.45, 2.75) is 6.18 Å². The van der Waals surface area contributed by atoms with E-state index >= 15 is 0 Å². The van der Waals surface area contributed by atoms with Crippen molar-refractivity contribution in [3.8, 4) is 5.88 Å². The van der Waals surface area contributed by atoms with Crippen molar-refractivity contribution >= 4 is 5.97 Å². The number of nitrogens with zero attached hydrogens (tertiary/aromatic N) is 2. The van der Waals surface area contributed by atoms with Crippen LogP contribution in [0.2, 0.25) is 0 Å². The Morgan fingerprint density at radius 1 is 1.47 bits per heavy atom. The summed E-state index contributed by atoms with van der Waals surface area (Å²) in [6, 6.07) is 0.803. The first-order chi connectivity index (χ1) is 6.84. The summed E-state index contributed by atoms with van der Waals surface area (Å²) in [4.78, 5) is 16.3. The third-order valence-electron chi connectivity index (χ3n) is 1.38. The number of alkyl halides is 3. The Morgan fingerprint density at radius 3 is 2.47 bits per heavy atom. The predicted molar refractivity (Wildman–Crippen MR) is 40.5 cm³/mol. The summed E-state index contributed by atoms with van der Waals surface area (Å²) in [6.45, 7) is 0. The van der Waals surface area contributed by atoms with Crippen molar-refractivity contribution in [2.75, 3.05) is 7.11 Å².